The minimum Gasteiger partial charge on any atom is -0.477 e. The van der Waals surface area contributed by atoms with E-state index in [0.717, 1.165) is 5.82 Å². The molecule has 2 rings (SSSR count). The average molecular weight is 234 g/mol. The molecule has 0 amide bonds. The van der Waals surface area contributed by atoms with Crippen molar-refractivity contribution in [2.45, 2.75) is 19.9 Å². The normalized spacial score (nSPS) is 10.7. The van der Waals surface area contributed by atoms with E-state index in [-0.39, 0.29) is 5.69 Å². The number of carboxylic acids is 1. The minimum atomic E-state index is -0.953. The summed E-state index contributed by atoms with van der Waals surface area (Å²) in [5.74, 6) is 0.677. The number of rotatable bonds is 4. The molecule has 0 aliphatic heterocycles. The van der Waals surface area contributed by atoms with Crippen LogP contribution in [-0.2, 0) is 20.0 Å². The monoisotopic (exact) mass is 234 g/mol. The van der Waals surface area contributed by atoms with Crippen LogP contribution in [0.2, 0.25) is 0 Å². The standard InChI is InChI=1S/C11H14N4O2/c1-8-13-7-9(11(16)17)15(8)5-3-10-12-4-6-14(10)2/h4,6-7H,3,5H2,1-2H3,(H,16,17). The van der Waals surface area contributed by atoms with Gasteiger partial charge in [0.2, 0.25) is 0 Å². The lowest BCUT2D eigenvalue weighted by molar-refractivity contribution is 0.0684. The van der Waals surface area contributed by atoms with E-state index in [1.807, 2.05) is 17.8 Å². The van der Waals surface area contributed by atoms with Crippen LogP contribution in [0.3, 0.4) is 0 Å². The third kappa shape index (κ3) is 2.20. The van der Waals surface area contributed by atoms with Crippen LogP contribution in [0.15, 0.2) is 18.6 Å². The van der Waals surface area contributed by atoms with Crippen LogP contribution in [0.4, 0.5) is 0 Å². The van der Waals surface area contributed by atoms with E-state index in [2.05, 4.69) is 9.97 Å². The van der Waals surface area contributed by atoms with E-state index >= 15 is 0 Å². The highest BCUT2D eigenvalue weighted by molar-refractivity contribution is 5.85. The van der Waals surface area contributed by atoms with Gasteiger partial charge in [0.15, 0.2) is 0 Å². The molecule has 17 heavy (non-hydrogen) atoms. The van der Waals surface area contributed by atoms with E-state index in [9.17, 15) is 4.79 Å². The molecule has 1 N–H and O–H groups in total. The van der Waals surface area contributed by atoms with E-state index in [1.165, 1.54) is 6.20 Å². The van der Waals surface area contributed by atoms with Crippen molar-refractivity contribution in [1.29, 1.82) is 0 Å². The Balaban J connectivity index is 2.16. The number of aromatic nitrogens is 4. The molecule has 0 spiro atoms. The highest BCUT2D eigenvalue weighted by Crippen LogP contribution is 2.07. The zero-order chi connectivity index (χ0) is 12.4. The first-order chi connectivity index (χ1) is 8.09. The molecule has 0 fully saturated rings. The Bertz CT molecular complexity index is 541. The smallest absolute Gasteiger partial charge is 0.354 e. The number of hydrogen-bond donors (Lipinski definition) is 1. The van der Waals surface area contributed by atoms with Crippen LogP contribution >= 0.6 is 0 Å². The maximum absolute atomic E-state index is 11.0. The van der Waals surface area contributed by atoms with Crippen molar-refractivity contribution < 1.29 is 9.90 Å². The van der Waals surface area contributed by atoms with Gasteiger partial charge in [-0.15, -0.1) is 0 Å². The summed E-state index contributed by atoms with van der Waals surface area (Å²) in [4.78, 5) is 19.2. The molecule has 2 aromatic rings. The highest BCUT2D eigenvalue weighted by Gasteiger charge is 2.13. The van der Waals surface area contributed by atoms with Crippen LogP contribution in [0.25, 0.3) is 0 Å². The number of aryl methyl sites for hydroxylation is 3. The second-order valence-corrected chi connectivity index (χ2v) is 3.85. The molecule has 0 saturated carbocycles. The molecule has 0 radical (unpaired) electrons. The summed E-state index contributed by atoms with van der Waals surface area (Å²) in [6.07, 6.45) is 5.67. The van der Waals surface area contributed by atoms with Crippen molar-refractivity contribution in [2.24, 2.45) is 7.05 Å². The van der Waals surface area contributed by atoms with Crippen LogP contribution in [0.5, 0.6) is 0 Å². The number of carboxylic acid groups (broad SMARTS) is 1. The predicted octanol–water partition coefficient (Wildman–Crippen LogP) is 0.866. The SMILES string of the molecule is Cc1ncc(C(=O)O)n1CCc1nccn1C. The second kappa shape index (κ2) is 4.40. The molecular formula is C11H14N4O2. The number of aromatic carboxylic acids is 1. The topological polar surface area (TPSA) is 72.9 Å². The lowest BCUT2D eigenvalue weighted by Gasteiger charge is -2.07. The average Bonchev–Trinajstić information content (AvgIpc) is 2.82. The Kier molecular flexibility index (Phi) is 2.95. The first kappa shape index (κ1) is 11.4. The van der Waals surface area contributed by atoms with E-state index < -0.39 is 5.97 Å². The van der Waals surface area contributed by atoms with E-state index in [0.29, 0.717) is 18.8 Å². The molecule has 6 heteroatoms. The Morgan fingerprint density at radius 3 is 2.82 bits per heavy atom. The number of nitrogens with zero attached hydrogens (tertiary/aromatic N) is 4. The lowest BCUT2D eigenvalue weighted by Crippen LogP contribution is -2.13. The molecule has 2 aromatic heterocycles. The minimum absolute atomic E-state index is 0.219. The van der Waals surface area contributed by atoms with Crippen LogP contribution in [0.1, 0.15) is 22.1 Å². The first-order valence-corrected chi connectivity index (χ1v) is 5.31. The second-order valence-electron chi connectivity index (χ2n) is 3.85. The zero-order valence-corrected chi connectivity index (χ0v) is 9.79. The molecule has 0 unspecified atom stereocenters. The highest BCUT2D eigenvalue weighted by atomic mass is 16.4. The fraction of sp³-hybridized carbons (Fsp3) is 0.364. The molecule has 90 valence electrons. The number of imidazole rings is 2. The molecule has 0 atom stereocenters. The van der Waals surface area contributed by atoms with Crippen molar-refractivity contribution >= 4 is 5.97 Å². The van der Waals surface area contributed by atoms with Gasteiger partial charge < -0.3 is 14.2 Å². The van der Waals surface area contributed by atoms with Crippen molar-refractivity contribution in [2.75, 3.05) is 0 Å². The Hall–Kier alpha value is -2.11. The van der Waals surface area contributed by atoms with Gasteiger partial charge in [0.05, 0.1) is 6.20 Å². The maximum atomic E-state index is 11.0. The van der Waals surface area contributed by atoms with Gasteiger partial charge in [-0.2, -0.15) is 0 Å². The Morgan fingerprint density at radius 2 is 2.24 bits per heavy atom. The Labute approximate surface area is 98.5 Å². The van der Waals surface area contributed by atoms with E-state index in [4.69, 9.17) is 5.11 Å². The fourth-order valence-corrected chi connectivity index (χ4v) is 1.77. The van der Waals surface area contributed by atoms with Crippen molar-refractivity contribution in [1.82, 2.24) is 19.1 Å². The van der Waals surface area contributed by atoms with Gasteiger partial charge in [-0.05, 0) is 6.92 Å². The Morgan fingerprint density at radius 1 is 1.47 bits per heavy atom. The lowest BCUT2D eigenvalue weighted by atomic mass is 10.3. The summed E-state index contributed by atoms with van der Waals surface area (Å²) in [6, 6.07) is 0. The van der Waals surface area contributed by atoms with E-state index in [1.54, 1.807) is 17.7 Å². The molecular weight excluding hydrogens is 220 g/mol. The summed E-state index contributed by atoms with van der Waals surface area (Å²) in [5, 5.41) is 9.01. The summed E-state index contributed by atoms with van der Waals surface area (Å²) in [7, 11) is 1.92. The van der Waals surface area contributed by atoms with Gasteiger partial charge in [-0.25, -0.2) is 14.8 Å². The van der Waals surface area contributed by atoms with Crippen LogP contribution in [0, 0.1) is 6.92 Å². The molecule has 0 aromatic carbocycles. The van der Waals surface area contributed by atoms with Gasteiger partial charge in [0.25, 0.3) is 0 Å². The zero-order valence-electron chi connectivity index (χ0n) is 9.79. The largest absolute Gasteiger partial charge is 0.477 e. The summed E-state index contributed by atoms with van der Waals surface area (Å²) in [5.41, 5.74) is 0.219. The molecule has 0 aliphatic carbocycles. The van der Waals surface area contributed by atoms with Crippen molar-refractivity contribution in [3.63, 3.8) is 0 Å². The van der Waals surface area contributed by atoms with Crippen molar-refractivity contribution in [3.8, 4) is 0 Å². The van der Waals surface area contributed by atoms with Crippen molar-refractivity contribution in [3.05, 3.63) is 35.9 Å². The summed E-state index contributed by atoms with van der Waals surface area (Å²) in [6.45, 7) is 2.36. The molecule has 0 bridgehead atoms. The summed E-state index contributed by atoms with van der Waals surface area (Å²) >= 11 is 0. The molecule has 0 aliphatic rings. The summed E-state index contributed by atoms with van der Waals surface area (Å²) < 4.78 is 3.61. The van der Waals surface area contributed by atoms with Crippen LogP contribution in [-0.4, -0.2) is 30.2 Å². The maximum Gasteiger partial charge on any atom is 0.354 e. The number of carbonyl (C=O) groups is 1. The first-order valence-electron chi connectivity index (χ1n) is 5.31. The molecule has 6 nitrogen and oxygen atoms in total. The third-order valence-electron chi connectivity index (χ3n) is 2.75. The van der Waals surface area contributed by atoms with Gasteiger partial charge in [0, 0.05) is 32.4 Å². The number of hydrogen-bond acceptors (Lipinski definition) is 3. The molecule has 0 saturated heterocycles. The molecule has 2 heterocycles. The fourth-order valence-electron chi connectivity index (χ4n) is 1.77. The van der Waals surface area contributed by atoms with Gasteiger partial charge >= 0.3 is 5.97 Å². The van der Waals surface area contributed by atoms with Gasteiger partial charge in [-0.1, -0.05) is 0 Å². The third-order valence-corrected chi connectivity index (χ3v) is 2.75. The van der Waals surface area contributed by atoms with Gasteiger partial charge in [0.1, 0.15) is 17.3 Å². The van der Waals surface area contributed by atoms with Crippen LogP contribution < -0.4 is 0 Å². The quantitative estimate of drug-likeness (QED) is 0.851. The predicted molar refractivity (Wildman–Crippen MR) is 60.8 cm³/mol. The van der Waals surface area contributed by atoms with Gasteiger partial charge in [-0.3, -0.25) is 0 Å².